The number of hydrogen-bond donors (Lipinski definition) is 1. The summed E-state index contributed by atoms with van der Waals surface area (Å²) in [5.41, 5.74) is 2.68. The van der Waals surface area contributed by atoms with Crippen LogP contribution in [0.5, 0.6) is 0 Å². The maximum atomic E-state index is 12.3. The van der Waals surface area contributed by atoms with E-state index in [2.05, 4.69) is 20.5 Å². The van der Waals surface area contributed by atoms with Gasteiger partial charge in [0.15, 0.2) is 5.65 Å². The number of para-hydroxylation sites is 1. The van der Waals surface area contributed by atoms with Gasteiger partial charge in [-0.3, -0.25) is 4.79 Å². The second-order valence-corrected chi connectivity index (χ2v) is 7.83. The zero-order valence-corrected chi connectivity index (χ0v) is 15.8. The number of rotatable bonds is 4. The first-order valence-electron chi connectivity index (χ1n) is 9.22. The van der Waals surface area contributed by atoms with Gasteiger partial charge in [0.1, 0.15) is 5.52 Å². The number of carbonyl (C=O) groups is 1. The molecule has 0 aliphatic heterocycles. The first kappa shape index (κ1) is 17.3. The predicted molar refractivity (Wildman–Crippen MR) is 104 cm³/mol. The van der Waals surface area contributed by atoms with Crippen LogP contribution in [0.25, 0.3) is 22.1 Å². The third-order valence-electron chi connectivity index (χ3n) is 5.04. The number of carbonyl (C=O) groups excluding carboxylic acids is 1. The Labute approximate surface area is 156 Å². The quantitative estimate of drug-likeness (QED) is 0.563. The second-order valence-electron chi connectivity index (χ2n) is 6.89. The first-order chi connectivity index (χ1) is 12.7. The fourth-order valence-corrected chi connectivity index (χ4v) is 4.27. The molecule has 26 heavy (non-hydrogen) atoms. The Hall–Kier alpha value is -2.15. The molecule has 1 fully saturated rings. The topological polar surface area (TPSA) is 72.7 Å². The molecule has 2 aromatic heterocycles. The molecule has 6 nitrogen and oxygen atoms in total. The zero-order valence-electron chi connectivity index (χ0n) is 14.9. The van der Waals surface area contributed by atoms with Crippen molar-refractivity contribution in [1.29, 1.82) is 0 Å². The monoisotopic (exact) mass is 369 g/mol. The summed E-state index contributed by atoms with van der Waals surface area (Å²) in [6.45, 7) is 0. The molecule has 1 aromatic carbocycles. The van der Waals surface area contributed by atoms with E-state index in [1.165, 1.54) is 37.4 Å². The maximum Gasteiger partial charge on any atom is 0.230 e. The van der Waals surface area contributed by atoms with Gasteiger partial charge < -0.3 is 9.88 Å². The zero-order chi connectivity index (χ0) is 17.9. The van der Waals surface area contributed by atoms with E-state index in [0.717, 1.165) is 34.9 Å². The molecule has 0 saturated heterocycles. The Morgan fingerprint density at radius 2 is 1.96 bits per heavy atom. The lowest BCUT2D eigenvalue weighted by molar-refractivity contribution is -0.119. The molecule has 0 spiro atoms. The minimum absolute atomic E-state index is 0.0580. The number of amides is 1. The van der Waals surface area contributed by atoms with Crippen molar-refractivity contribution in [3.05, 3.63) is 24.3 Å². The third kappa shape index (κ3) is 3.53. The Morgan fingerprint density at radius 1 is 1.19 bits per heavy atom. The molecular weight excluding hydrogens is 346 g/mol. The molecule has 4 rings (SSSR count). The van der Waals surface area contributed by atoms with Crippen LogP contribution >= 0.6 is 11.8 Å². The summed E-state index contributed by atoms with van der Waals surface area (Å²) in [6.07, 6.45) is 7.18. The van der Waals surface area contributed by atoms with Gasteiger partial charge in [-0.15, -0.1) is 10.2 Å². The van der Waals surface area contributed by atoms with Crippen LogP contribution in [-0.2, 0) is 11.8 Å². The molecule has 136 valence electrons. The highest BCUT2D eigenvalue weighted by Crippen LogP contribution is 2.26. The van der Waals surface area contributed by atoms with Crippen molar-refractivity contribution < 1.29 is 4.79 Å². The van der Waals surface area contributed by atoms with E-state index in [1.54, 1.807) is 0 Å². The second kappa shape index (κ2) is 7.61. The lowest BCUT2D eigenvalue weighted by atomic mass is 10.1. The van der Waals surface area contributed by atoms with E-state index in [4.69, 9.17) is 0 Å². The highest BCUT2D eigenvalue weighted by Gasteiger charge is 2.16. The van der Waals surface area contributed by atoms with Crippen molar-refractivity contribution in [2.75, 3.05) is 5.75 Å². The van der Waals surface area contributed by atoms with Crippen molar-refractivity contribution in [3.8, 4) is 0 Å². The van der Waals surface area contributed by atoms with Crippen LogP contribution in [-0.4, -0.2) is 37.5 Å². The molecule has 1 aliphatic carbocycles. The minimum atomic E-state index is 0.0580. The molecule has 1 aliphatic rings. The summed E-state index contributed by atoms with van der Waals surface area (Å²) in [6, 6.07) is 8.39. The van der Waals surface area contributed by atoms with E-state index in [0.29, 0.717) is 17.0 Å². The highest BCUT2D eigenvalue weighted by molar-refractivity contribution is 7.99. The van der Waals surface area contributed by atoms with Gasteiger partial charge in [-0.2, -0.15) is 0 Å². The van der Waals surface area contributed by atoms with Crippen molar-refractivity contribution in [1.82, 2.24) is 25.1 Å². The molecule has 0 atom stereocenters. The van der Waals surface area contributed by atoms with Gasteiger partial charge in [-0.05, 0) is 18.9 Å². The maximum absolute atomic E-state index is 12.3. The first-order valence-corrected chi connectivity index (χ1v) is 10.2. The Bertz CT molecular complexity index is 930. The van der Waals surface area contributed by atoms with E-state index < -0.39 is 0 Å². The largest absolute Gasteiger partial charge is 0.353 e. The normalized spacial score (nSPS) is 16.0. The fraction of sp³-hybridized carbons (Fsp3) is 0.474. The Balaban J connectivity index is 1.45. The van der Waals surface area contributed by atoms with Crippen molar-refractivity contribution in [2.24, 2.45) is 7.05 Å². The summed E-state index contributed by atoms with van der Waals surface area (Å²) in [7, 11) is 1.98. The smallest absolute Gasteiger partial charge is 0.230 e. The molecule has 0 bridgehead atoms. The van der Waals surface area contributed by atoms with E-state index >= 15 is 0 Å². The summed E-state index contributed by atoms with van der Waals surface area (Å²) in [4.78, 5) is 16.9. The highest BCUT2D eigenvalue weighted by atomic mass is 32.2. The van der Waals surface area contributed by atoms with E-state index in [9.17, 15) is 4.79 Å². The summed E-state index contributed by atoms with van der Waals surface area (Å²) in [5.74, 6) is 0.385. The van der Waals surface area contributed by atoms with Gasteiger partial charge in [0, 0.05) is 18.5 Å². The average molecular weight is 369 g/mol. The Kier molecular flexibility index (Phi) is 5.06. The number of thioether (sulfide) groups is 1. The van der Waals surface area contributed by atoms with E-state index in [1.807, 2.05) is 35.9 Å². The number of benzene rings is 1. The van der Waals surface area contributed by atoms with Crippen LogP contribution in [0, 0.1) is 0 Å². The molecule has 0 unspecified atom stereocenters. The lowest BCUT2D eigenvalue weighted by Crippen LogP contribution is -2.35. The van der Waals surface area contributed by atoms with Crippen molar-refractivity contribution in [3.63, 3.8) is 0 Å². The molecule has 0 radical (unpaired) electrons. The van der Waals surface area contributed by atoms with Gasteiger partial charge in [0.25, 0.3) is 0 Å². The predicted octanol–water partition coefficient (Wildman–Crippen LogP) is 3.45. The molecule has 1 amide bonds. The van der Waals surface area contributed by atoms with Crippen molar-refractivity contribution >= 4 is 39.7 Å². The molecule has 7 heteroatoms. The van der Waals surface area contributed by atoms with Gasteiger partial charge in [-0.25, -0.2) is 4.98 Å². The van der Waals surface area contributed by atoms with Crippen LogP contribution in [0.1, 0.15) is 38.5 Å². The summed E-state index contributed by atoms with van der Waals surface area (Å²) < 4.78 is 2.02. The fourth-order valence-electron chi connectivity index (χ4n) is 3.68. The van der Waals surface area contributed by atoms with Crippen LogP contribution in [0.4, 0.5) is 0 Å². The standard InChI is InChI=1S/C19H23N5OS/c1-24-15-11-7-6-10-14(15)17-18(24)21-19(23-22-17)26-12-16(25)20-13-8-4-2-3-5-9-13/h6-7,10-11,13H,2-5,8-9,12H2,1H3,(H,20,25). The molecule has 1 saturated carbocycles. The number of fused-ring (bicyclic) bond motifs is 3. The number of hydrogen-bond acceptors (Lipinski definition) is 5. The van der Waals surface area contributed by atoms with Crippen molar-refractivity contribution in [2.45, 2.75) is 49.7 Å². The number of aryl methyl sites for hydroxylation is 1. The molecule has 1 N–H and O–H groups in total. The van der Waals surface area contributed by atoms with Crippen LogP contribution in [0.3, 0.4) is 0 Å². The van der Waals surface area contributed by atoms with Crippen LogP contribution < -0.4 is 5.32 Å². The summed E-state index contributed by atoms with van der Waals surface area (Å²) >= 11 is 1.35. The molecule has 3 aromatic rings. The lowest BCUT2D eigenvalue weighted by Gasteiger charge is -2.15. The molecular formula is C19H23N5OS. The van der Waals surface area contributed by atoms with Crippen LogP contribution in [0.15, 0.2) is 29.4 Å². The summed E-state index contributed by atoms with van der Waals surface area (Å²) in [5, 5.41) is 13.3. The van der Waals surface area contributed by atoms with Gasteiger partial charge in [-0.1, -0.05) is 55.6 Å². The van der Waals surface area contributed by atoms with E-state index in [-0.39, 0.29) is 5.91 Å². The van der Waals surface area contributed by atoms with Gasteiger partial charge in [0.2, 0.25) is 11.1 Å². The van der Waals surface area contributed by atoms with Crippen LogP contribution in [0.2, 0.25) is 0 Å². The minimum Gasteiger partial charge on any atom is -0.353 e. The number of nitrogens with zero attached hydrogens (tertiary/aromatic N) is 4. The number of nitrogens with one attached hydrogen (secondary N) is 1. The van der Waals surface area contributed by atoms with Gasteiger partial charge >= 0.3 is 0 Å². The molecule has 2 heterocycles. The SMILES string of the molecule is Cn1c2ccccc2c2nnc(SCC(=O)NC3CCCCCC3)nc21. The Morgan fingerprint density at radius 3 is 2.77 bits per heavy atom. The number of aromatic nitrogens is 4. The third-order valence-corrected chi connectivity index (χ3v) is 5.88. The average Bonchev–Trinajstić information content (AvgIpc) is 2.82. The van der Waals surface area contributed by atoms with Gasteiger partial charge in [0.05, 0.1) is 11.3 Å².